The van der Waals surface area contributed by atoms with Gasteiger partial charge in [-0.3, -0.25) is 4.79 Å². The number of rotatable bonds is 7. The summed E-state index contributed by atoms with van der Waals surface area (Å²) in [5.41, 5.74) is 1.42. The SMILES string of the molecule is Cc1ccc(NC(=O)c2ccc(C(F)(F)F)cc2)cc1-c1ncc(COc2ccc(O)c(C(=O)O)c2)cn1. The van der Waals surface area contributed by atoms with Gasteiger partial charge in [0.15, 0.2) is 5.82 Å². The molecule has 3 aromatic carbocycles. The number of aromatic hydroxyl groups is 1. The Bertz CT molecular complexity index is 1490. The molecule has 0 aliphatic carbocycles. The second kappa shape index (κ2) is 10.6. The van der Waals surface area contributed by atoms with Gasteiger partial charge in [-0.25, -0.2) is 14.8 Å². The highest BCUT2D eigenvalue weighted by Gasteiger charge is 2.30. The molecular weight excluding hydrogens is 503 g/mol. The average Bonchev–Trinajstić information content (AvgIpc) is 2.89. The largest absolute Gasteiger partial charge is 0.507 e. The fourth-order valence-electron chi connectivity index (χ4n) is 3.47. The maximum atomic E-state index is 12.8. The van der Waals surface area contributed by atoms with E-state index in [0.717, 1.165) is 29.8 Å². The molecule has 11 heteroatoms. The monoisotopic (exact) mass is 523 g/mol. The minimum absolute atomic E-state index is 0.0479. The number of carboxylic acid groups (broad SMARTS) is 1. The summed E-state index contributed by atoms with van der Waals surface area (Å²) in [5.74, 6) is -1.60. The van der Waals surface area contributed by atoms with Gasteiger partial charge >= 0.3 is 12.1 Å². The van der Waals surface area contributed by atoms with E-state index in [9.17, 15) is 27.9 Å². The maximum Gasteiger partial charge on any atom is 0.416 e. The van der Waals surface area contributed by atoms with Gasteiger partial charge < -0.3 is 20.3 Å². The summed E-state index contributed by atoms with van der Waals surface area (Å²) >= 11 is 0. The molecule has 0 atom stereocenters. The first kappa shape index (κ1) is 26.1. The molecule has 1 aromatic heterocycles. The van der Waals surface area contributed by atoms with Crippen LogP contribution >= 0.6 is 0 Å². The first-order valence-corrected chi connectivity index (χ1v) is 11.1. The zero-order chi connectivity index (χ0) is 27.4. The third-order valence-electron chi connectivity index (χ3n) is 5.52. The first-order valence-electron chi connectivity index (χ1n) is 11.1. The van der Waals surface area contributed by atoms with Gasteiger partial charge in [-0.15, -0.1) is 0 Å². The number of anilines is 1. The highest BCUT2D eigenvalue weighted by atomic mass is 19.4. The van der Waals surface area contributed by atoms with Crippen LogP contribution < -0.4 is 10.1 Å². The molecule has 0 unspecified atom stereocenters. The normalized spacial score (nSPS) is 11.2. The second-order valence-electron chi connectivity index (χ2n) is 8.25. The molecule has 0 fully saturated rings. The molecule has 0 spiro atoms. The van der Waals surface area contributed by atoms with Crippen LogP contribution in [0.15, 0.2) is 73.1 Å². The minimum Gasteiger partial charge on any atom is -0.507 e. The van der Waals surface area contributed by atoms with Crippen LogP contribution in [0.5, 0.6) is 11.5 Å². The third kappa shape index (κ3) is 6.06. The van der Waals surface area contributed by atoms with E-state index in [0.29, 0.717) is 22.6 Å². The number of aromatic nitrogens is 2. The molecular formula is C27H20F3N3O5. The van der Waals surface area contributed by atoms with E-state index in [2.05, 4.69) is 15.3 Å². The number of alkyl halides is 3. The number of carbonyl (C=O) groups excluding carboxylic acids is 1. The van der Waals surface area contributed by atoms with E-state index < -0.39 is 23.6 Å². The Labute approximate surface area is 214 Å². The van der Waals surface area contributed by atoms with Crippen molar-refractivity contribution < 1.29 is 37.7 Å². The highest BCUT2D eigenvalue weighted by Crippen LogP contribution is 2.30. The van der Waals surface area contributed by atoms with Crippen molar-refractivity contribution in [1.82, 2.24) is 9.97 Å². The maximum absolute atomic E-state index is 12.8. The number of phenols is 1. The van der Waals surface area contributed by atoms with E-state index in [-0.39, 0.29) is 29.2 Å². The summed E-state index contributed by atoms with van der Waals surface area (Å²) in [4.78, 5) is 32.4. The highest BCUT2D eigenvalue weighted by molar-refractivity contribution is 6.04. The number of hydrogen-bond acceptors (Lipinski definition) is 6. The number of carbonyl (C=O) groups is 2. The topological polar surface area (TPSA) is 122 Å². The van der Waals surface area contributed by atoms with Crippen LogP contribution in [0, 0.1) is 6.92 Å². The van der Waals surface area contributed by atoms with Crippen molar-refractivity contribution in [1.29, 1.82) is 0 Å². The number of nitrogens with one attached hydrogen (secondary N) is 1. The summed E-state index contributed by atoms with van der Waals surface area (Å²) in [6.45, 7) is 1.88. The van der Waals surface area contributed by atoms with Gasteiger partial charge in [0.1, 0.15) is 23.7 Å². The number of nitrogens with zero attached hydrogens (tertiary/aromatic N) is 2. The van der Waals surface area contributed by atoms with Crippen LogP contribution in [0.1, 0.15) is 37.4 Å². The fourth-order valence-corrected chi connectivity index (χ4v) is 3.47. The molecule has 0 saturated heterocycles. The molecule has 0 aliphatic rings. The van der Waals surface area contributed by atoms with Crippen molar-refractivity contribution in [3.05, 3.63) is 101 Å². The predicted octanol–water partition coefficient (Wildman–Crippen LogP) is 5.71. The summed E-state index contributed by atoms with van der Waals surface area (Å²) in [6, 6.07) is 12.9. The smallest absolute Gasteiger partial charge is 0.416 e. The Morgan fingerprint density at radius 3 is 2.29 bits per heavy atom. The van der Waals surface area contributed by atoms with Crippen molar-refractivity contribution in [2.75, 3.05) is 5.32 Å². The molecule has 8 nitrogen and oxygen atoms in total. The lowest BCUT2D eigenvalue weighted by atomic mass is 10.1. The molecule has 0 saturated carbocycles. The number of aromatic carboxylic acids is 1. The molecule has 194 valence electrons. The van der Waals surface area contributed by atoms with E-state index in [1.807, 2.05) is 6.92 Å². The Morgan fingerprint density at radius 1 is 0.974 bits per heavy atom. The molecule has 4 rings (SSSR count). The lowest BCUT2D eigenvalue weighted by Gasteiger charge is -2.11. The molecule has 0 bridgehead atoms. The van der Waals surface area contributed by atoms with E-state index in [1.54, 1.807) is 18.2 Å². The van der Waals surface area contributed by atoms with Crippen LogP contribution in [0.3, 0.4) is 0 Å². The Balaban J connectivity index is 1.45. The molecule has 0 aliphatic heterocycles. The Hall–Kier alpha value is -4.93. The average molecular weight is 523 g/mol. The number of aryl methyl sites for hydroxylation is 1. The Kier molecular flexibility index (Phi) is 7.28. The lowest BCUT2D eigenvalue weighted by molar-refractivity contribution is -0.137. The van der Waals surface area contributed by atoms with Crippen molar-refractivity contribution in [2.24, 2.45) is 0 Å². The van der Waals surface area contributed by atoms with Gasteiger partial charge in [0, 0.05) is 34.8 Å². The van der Waals surface area contributed by atoms with Crippen LogP contribution in [0.2, 0.25) is 0 Å². The van der Waals surface area contributed by atoms with Crippen molar-refractivity contribution in [3.8, 4) is 22.9 Å². The summed E-state index contributed by atoms with van der Waals surface area (Å²) < 4.78 is 43.9. The van der Waals surface area contributed by atoms with Crippen LogP contribution in [0.4, 0.5) is 18.9 Å². The summed E-state index contributed by atoms with van der Waals surface area (Å²) in [5, 5.41) is 21.4. The quantitative estimate of drug-likeness (QED) is 0.284. The zero-order valence-corrected chi connectivity index (χ0v) is 19.8. The Morgan fingerprint density at radius 2 is 1.66 bits per heavy atom. The van der Waals surface area contributed by atoms with E-state index in [1.165, 1.54) is 30.6 Å². The van der Waals surface area contributed by atoms with Crippen LogP contribution in [0.25, 0.3) is 11.4 Å². The lowest BCUT2D eigenvalue weighted by Crippen LogP contribution is -2.13. The van der Waals surface area contributed by atoms with E-state index >= 15 is 0 Å². The number of amides is 1. The first-order chi connectivity index (χ1) is 18.0. The second-order valence-corrected chi connectivity index (χ2v) is 8.25. The third-order valence-corrected chi connectivity index (χ3v) is 5.52. The van der Waals surface area contributed by atoms with Gasteiger partial charge in [0.2, 0.25) is 0 Å². The summed E-state index contributed by atoms with van der Waals surface area (Å²) in [6.07, 6.45) is -1.42. The molecule has 4 aromatic rings. The van der Waals surface area contributed by atoms with Gasteiger partial charge in [0.25, 0.3) is 5.91 Å². The molecule has 3 N–H and O–H groups in total. The molecule has 0 radical (unpaired) electrons. The summed E-state index contributed by atoms with van der Waals surface area (Å²) in [7, 11) is 0. The number of hydrogen-bond donors (Lipinski definition) is 3. The fraction of sp³-hybridized carbons (Fsp3) is 0.111. The predicted molar refractivity (Wildman–Crippen MR) is 131 cm³/mol. The van der Waals surface area contributed by atoms with Crippen LogP contribution in [-0.4, -0.2) is 32.1 Å². The number of halogens is 3. The van der Waals surface area contributed by atoms with Crippen molar-refractivity contribution in [3.63, 3.8) is 0 Å². The number of ether oxygens (including phenoxy) is 1. The molecule has 1 heterocycles. The molecule has 38 heavy (non-hydrogen) atoms. The standard InChI is InChI=1S/C27H20F3N3O5/c1-15-2-7-19(33-25(35)17-3-5-18(6-4-17)27(28,29)30)10-21(15)24-31-12-16(13-32-24)14-38-20-8-9-23(34)22(11-20)26(36)37/h2-13,34H,14H2,1H3,(H,33,35)(H,36,37). The van der Waals surface area contributed by atoms with Gasteiger partial charge in [-0.05, 0) is 67.1 Å². The van der Waals surface area contributed by atoms with Gasteiger partial charge in [-0.2, -0.15) is 13.2 Å². The van der Waals surface area contributed by atoms with Gasteiger partial charge in [0.05, 0.1) is 5.56 Å². The zero-order valence-electron chi connectivity index (χ0n) is 19.8. The number of carboxylic acids is 1. The number of benzene rings is 3. The van der Waals surface area contributed by atoms with Crippen molar-refractivity contribution >= 4 is 17.6 Å². The van der Waals surface area contributed by atoms with Gasteiger partial charge in [-0.1, -0.05) is 6.07 Å². The van der Waals surface area contributed by atoms with E-state index in [4.69, 9.17) is 9.84 Å². The molecule has 1 amide bonds. The minimum atomic E-state index is -4.49. The van der Waals surface area contributed by atoms with Crippen LogP contribution in [-0.2, 0) is 12.8 Å². The van der Waals surface area contributed by atoms with Crippen molar-refractivity contribution in [2.45, 2.75) is 19.7 Å².